The van der Waals surface area contributed by atoms with E-state index < -0.39 is 5.91 Å². The van der Waals surface area contributed by atoms with E-state index in [1.807, 2.05) is 0 Å². The molecule has 1 aromatic rings. The molecule has 1 fully saturated rings. The van der Waals surface area contributed by atoms with Crippen LogP contribution in [0, 0.1) is 11.8 Å². The number of rotatable bonds is 5. The molecule has 1 aliphatic carbocycles. The fraction of sp³-hybridized carbons (Fsp3) is 0.583. The third kappa shape index (κ3) is 3.31. The number of amides is 2. The lowest BCUT2D eigenvalue weighted by molar-refractivity contribution is -0.121. The van der Waals surface area contributed by atoms with Gasteiger partial charge in [0.2, 0.25) is 11.8 Å². The fourth-order valence-corrected chi connectivity index (χ4v) is 2.57. The summed E-state index contributed by atoms with van der Waals surface area (Å²) < 4.78 is 1.40. The SMILES string of the molecule is NC[C@H]1CCC[C@H]1C(=O)Nc1cnn(CC(N)=O)c1. The molecule has 2 amide bonds. The molecule has 19 heavy (non-hydrogen) atoms. The molecular weight excluding hydrogens is 246 g/mol. The van der Waals surface area contributed by atoms with Crippen LogP contribution in [0.3, 0.4) is 0 Å². The van der Waals surface area contributed by atoms with Gasteiger partial charge in [-0.2, -0.15) is 5.10 Å². The van der Waals surface area contributed by atoms with Gasteiger partial charge in [0.1, 0.15) is 6.54 Å². The van der Waals surface area contributed by atoms with E-state index in [9.17, 15) is 9.59 Å². The molecule has 104 valence electrons. The van der Waals surface area contributed by atoms with Gasteiger partial charge in [-0.1, -0.05) is 6.42 Å². The zero-order chi connectivity index (χ0) is 13.8. The van der Waals surface area contributed by atoms with Crippen LogP contribution in [0.4, 0.5) is 5.69 Å². The highest BCUT2D eigenvalue weighted by Crippen LogP contribution is 2.31. The number of aromatic nitrogens is 2. The van der Waals surface area contributed by atoms with Crippen LogP contribution < -0.4 is 16.8 Å². The first kappa shape index (κ1) is 13.5. The summed E-state index contributed by atoms with van der Waals surface area (Å²) in [6, 6.07) is 0. The minimum absolute atomic E-state index is 0.00469. The maximum atomic E-state index is 12.1. The van der Waals surface area contributed by atoms with E-state index in [0.717, 1.165) is 19.3 Å². The first-order valence-electron chi connectivity index (χ1n) is 6.42. The van der Waals surface area contributed by atoms with Crippen molar-refractivity contribution in [1.82, 2.24) is 9.78 Å². The third-order valence-corrected chi connectivity index (χ3v) is 3.52. The molecule has 0 unspecified atom stereocenters. The largest absolute Gasteiger partial charge is 0.368 e. The molecule has 0 saturated heterocycles. The van der Waals surface area contributed by atoms with Crippen LogP contribution in [0.1, 0.15) is 19.3 Å². The van der Waals surface area contributed by atoms with Crippen molar-refractivity contribution in [2.24, 2.45) is 23.3 Å². The van der Waals surface area contributed by atoms with Crippen molar-refractivity contribution in [3.63, 3.8) is 0 Å². The second kappa shape index (κ2) is 5.83. The minimum atomic E-state index is -0.472. The van der Waals surface area contributed by atoms with Crippen molar-refractivity contribution >= 4 is 17.5 Å². The lowest BCUT2D eigenvalue weighted by atomic mass is 9.95. The number of anilines is 1. The Hall–Kier alpha value is -1.89. The van der Waals surface area contributed by atoms with E-state index in [1.54, 1.807) is 6.20 Å². The Kier molecular flexibility index (Phi) is 4.16. The van der Waals surface area contributed by atoms with Crippen molar-refractivity contribution in [3.8, 4) is 0 Å². The number of hydrogen-bond donors (Lipinski definition) is 3. The number of nitrogens with zero attached hydrogens (tertiary/aromatic N) is 2. The van der Waals surface area contributed by atoms with Gasteiger partial charge in [0.15, 0.2) is 0 Å². The summed E-state index contributed by atoms with van der Waals surface area (Å²) in [6.45, 7) is 0.545. The third-order valence-electron chi connectivity index (χ3n) is 3.52. The van der Waals surface area contributed by atoms with E-state index >= 15 is 0 Å². The highest BCUT2D eigenvalue weighted by molar-refractivity contribution is 5.92. The smallest absolute Gasteiger partial charge is 0.239 e. The van der Waals surface area contributed by atoms with Gasteiger partial charge in [0.05, 0.1) is 11.9 Å². The van der Waals surface area contributed by atoms with Gasteiger partial charge in [0, 0.05) is 12.1 Å². The minimum Gasteiger partial charge on any atom is -0.368 e. The molecule has 1 saturated carbocycles. The van der Waals surface area contributed by atoms with Gasteiger partial charge in [-0.3, -0.25) is 14.3 Å². The first-order chi connectivity index (χ1) is 9.10. The number of nitrogens with one attached hydrogen (secondary N) is 1. The molecule has 1 aromatic heterocycles. The molecule has 0 radical (unpaired) electrons. The summed E-state index contributed by atoms with van der Waals surface area (Å²) in [6.07, 6.45) is 6.03. The maximum Gasteiger partial charge on any atom is 0.239 e. The van der Waals surface area contributed by atoms with E-state index in [1.165, 1.54) is 10.9 Å². The average molecular weight is 265 g/mol. The summed E-state index contributed by atoms with van der Waals surface area (Å²) in [5.74, 6) is -0.253. The lowest BCUT2D eigenvalue weighted by Crippen LogP contribution is -2.29. The average Bonchev–Trinajstić information content (AvgIpc) is 2.96. The van der Waals surface area contributed by atoms with Gasteiger partial charge in [-0.15, -0.1) is 0 Å². The Morgan fingerprint density at radius 1 is 1.47 bits per heavy atom. The van der Waals surface area contributed by atoms with Crippen LogP contribution in [-0.2, 0) is 16.1 Å². The molecule has 0 aliphatic heterocycles. The monoisotopic (exact) mass is 265 g/mol. The number of hydrogen-bond acceptors (Lipinski definition) is 4. The lowest BCUT2D eigenvalue weighted by Gasteiger charge is -2.16. The number of carbonyl (C=O) groups is 2. The van der Waals surface area contributed by atoms with Crippen LogP contribution in [0.25, 0.3) is 0 Å². The standard InChI is InChI=1S/C12H19N5O2/c13-4-8-2-1-3-10(8)12(19)16-9-5-15-17(6-9)7-11(14)18/h5-6,8,10H,1-4,7,13H2,(H2,14,18)(H,16,19)/t8-,10-/m1/s1. The van der Waals surface area contributed by atoms with E-state index in [4.69, 9.17) is 11.5 Å². The Labute approximate surface area is 111 Å². The Morgan fingerprint density at radius 3 is 2.95 bits per heavy atom. The van der Waals surface area contributed by atoms with E-state index in [2.05, 4.69) is 10.4 Å². The topological polar surface area (TPSA) is 116 Å². The molecule has 1 heterocycles. The fourth-order valence-electron chi connectivity index (χ4n) is 2.57. The Bertz CT molecular complexity index is 470. The van der Waals surface area contributed by atoms with Crippen molar-refractivity contribution in [2.45, 2.75) is 25.8 Å². The van der Waals surface area contributed by atoms with Crippen LogP contribution in [0.5, 0.6) is 0 Å². The highest BCUT2D eigenvalue weighted by atomic mass is 16.2. The van der Waals surface area contributed by atoms with E-state index in [-0.39, 0.29) is 24.3 Å². The first-order valence-corrected chi connectivity index (χ1v) is 6.42. The van der Waals surface area contributed by atoms with Gasteiger partial charge in [-0.05, 0) is 25.3 Å². The molecular formula is C12H19N5O2. The zero-order valence-electron chi connectivity index (χ0n) is 10.7. The Morgan fingerprint density at radius 2 is 2.26 bits per heavy atom. The van der Waals surface area contributed by atoms with Gasteiger partial charge >= 0.3 is 0 Å². The predicted octanol–water partition coefficient (Wildman–Crippen LogP) is -0.318. The quantitative estimate of drug-likeness (QED) is 0.676. The molecule has 7 nitrogen and oxygen atoms in total. The molecule has 0 spiro atoms. The molecule has 0 aromatic carbocycles. The zero-order valence-corrected chi connectivity index (χ0v) is 10.7. The van der Waals surface area contributed by atoms with Crippen molar-refractivity contribution in [2.75, 3.05) is 11.9 Å². The molecule has 5 N–H and O–H groups in total. The summed E-state index contributed by atoms with van der Waals surface area (Å²) in [7, 11) is 0. The molecule has 7 heteroatoms. The van der Waals surface area contributed by atoms with Crippen LogP contribution in [-0.4, -0.2) is 28.1 Å². The van der Waals surface area contributed by atoms with Gasteiger partial charge < -0.3 is 16.8 Å². The number of nitrogens with two attached hydrogens (primary N) is 2. The summed E-state index contributed by atoms with van der Waals surface area (Å²) in [5, 5.41) is 6.76. The molecule has 2 atom stereocenters. The highest BCUT2D eigenvalue weighted by Gasteiger charge is 2.31. The second-order valence-corrected chi connectivity index (χ2v) is 4.92. The molecule has 0 bridgehead atoms. The van der Waals surface area contributed by atoms with E-state index in [0.29, 0.717) is 12.2 Å². The van der Waals surface area contributed by atoms with Gasteiger partial charge in [0.25, 0.3) is 0 Å². The number of carbonyl (C=O) groups excluding carboxylic acids is 2. The molecule has 1 aliphatic rings. The number of primary amides is 1. The summed E-state index contributed by atoms with van der Waals surface area (Å²) >= 11 is 0. The van der Waals surface area contributed by atoms with Crippen LogP contribution >= 0.6 is 0 Å². The van der Waals surface area contributed by atoms with Crippen molar-refractivity contribution in [1.29, 1.82) is 0 Å². The maximum absolute atomic E-state index is 12.1. The van der Waals surface area contributed by atoms with Crippen molar-refractivity contribution in [3.05, 3.63) is 12.4 Å². The molecule has 2 rings (SSSR count). The van der Waals surface area contributed by atoms with Crippen LogP contribution in [0.2, 0.25) is 0 Å². The second-order valence-electron chi connectivity index (χ2n) is 4.92. The normalized spacial score (nSPS) is 22.4. The Balaban J connectivity index is 1.95. The van der Waals surface area contributed by atoms with Crippen LogP contribution in [0.15, 0.2) is 12.4 Å². The summed E-state index contributed by atoms with van der Waals surface area (Å²) in [4.78, 5) is 22.9. The summed E-state index contributed by atoms with van der Waals surface area (Å²) in [5.41, 5.74) is 11.3. The van der Waals surface area contributed by atoms with Crippen molar-refractivity contribution < 1.29 is 9.59 Å². The predicted molar refractivity (Wildman–Crippen MR) is 69.9 cm³/mol. The van der Waals surface area contributed by atoms with Gasteiger partial charge in [-0.25, -0.2) is 0 Å².